The standard InChI is InChI=1S/C31H33NO5/c1-20(2)16-28(29(33)18-22(30(34)35)17-21-10-4-3-5-11-21)32-31(36)37-19-27-25-14-8-6-12-23(25)24-13-7-9-15-26(24)27/h3-15,20,22,27-28H,16-19H2,1-2H3,(H,32,36)(H,34,35)/t22-,28+/m1/s1. The topological polar surface area (TPSA) is 92.7 Å². The highest BCUT2D eigenvalue weighted by Crippen LogP contribution is 2.44. The molecule has 1 aliphatic rings. The van der Waals surface area contributed by atoms with Crippen molar-refractivity contribution in [3.05, 3.63) is 95.6 Å². The maximum Gasteiger partial charge on any atom is 0.407 e. The van der Waals surface area contributed by atoms with Crippen molar-refractivity contribution in [1.29, 1.82) is 0 Å². The van der Waals surface area contributed by atoms with Gasteiger partial charge >= 0.3 is 12.1 Å². The van der Waals surface area contributed by atoms with Crippen LogP contribution in [0.5, 0.6) is 0 Å². The molecule has 2 N–H and O–H groups in total. The van der Waals surface area contributed by atoms with E-state index in [9.17, 15) is 19.5 Å². The molecule has 3 aromatic rings. The van der Waals surface area contributed by atoms with E-state index in [4.69, 9.17) is 4.74 Å². The summed E-state index contributed by atoms with van der Waals surface area (Å²) in [7, 11) is 0. The van der Waals surface area contributed by atoms with Crippen LogP contribution in [0.3, 0.4) is 0 Å². The first-order chi connectivity index (χ1) is 17.8. The summed E-state index contributed by atoms with van der Waals surface area (Å²) in [4.78, 5) is 37.9. The van der Waals surface area contributed by atoms with Crippen molar-refractivity contribution in [3.63, 3.8) is 0 Å². The van der Waals surface area contributed by atoms with E-state index in [0.29, 0.717) is 6.42 Å². The Morgan fingerprint density at radius 2 is 1.43 bits per heavy atom. The molecule has 1 aliphatic carbocycles. The molecule has 37 heavy (non-hydrogen) atoms. The van der Waals surface area contributed by atoms with Gasteiger partial charge in [-0.3, -0.25) is 9.59 Å². The first-order valence-electron chi connectivity index (χ1n) is 12.7. The molecule has 0 spiro atoms. The van der Waals surface area contributed by atoms with Crippen LogP contribution >= 0.6 is 0 Å². The fourth-order valence-electron chi connectivity index (χ4n) is 5.06. The van der Waals surface area contributed by atoms with Gasteiger partial charge in [0.2, 0.25) is 0 Å². The smallest absolute Gasteiger partial charge is 0.407 e. The molecule has 0 saturated heterocycles. The van der Waals surface area contributed by atoms with E-state index in [1.807, 2.05) is 80.6 Å². The Morgan fingerprint density at radius 3 is 2.00 bits per heavy atom. The van der Waals surface area contributed by atoms with Gasteiger partial charge < -0.3 is 15.2 Å². The quantitative estimate of drug-likeness (QED) is 0.346. The Kier molecular flexibility index (Phi) is 8.39. The molecule has 6 heteroatoms. The molecular weight excluding hydrogens is 466 g/mol. The second-order valence-electron chi connectivity index (χ2n) is 10.0. The lowest BCUT2D eigenvalue weighted by Crippen LogP contribution is -2.43. The number of benzene rings is 3. The van der Waals surface area contributed by atoms with E-state index in [1.165, 1.54) is 0 Å². The molecule has 0 fully saturated rings. The van der Waals surface area contributed by atoms with Crippen LogP contribution in [0.15, 0.2) is 78.9 Å². The number of ether oxygens (including phenoxy) is 1. The van der Waals surface area contributed by atoms with Crippen LogP contribution in [0.25, 0.3) is 11.1 Å². The molecule has 2 atom stereocenters. The van der Waals surface area contributed by atoms with Gasteiger partial charge in [0.05, 0.1) is 12.0 Å². The highest BCUT2D eigenvalue weighted by molar-refractivity contribution is 5.90. The summed E-state index contributed by atoms with van der Waals surface area (Å²) >= 11 is 0. The van der Waals surface area contributed by atoms with Crippen LogP contribution in [0.1, 0.15) is 49.3 Å². The van der Waals surface area contributed by atoms with E-state index in [2.05, 4.69) is 17.4 Å². The maximum atomic E-state index is 13.2. The molecule has 0 unspecified atom stereocenters. The monoisotopic (exact) mass is 499 g/mol. The van der Waals surface area contributed by atoms with Gasteiger partial charge in [-0.15, -0.1) is 0 Å². The summed E-state index contributed by atoms with van der Waals surface area (Å²) in [5, 5.41) is 12.5. The molecule has 0 aliphatic heterocycles. The van der Waals surface area contributed by atoms with Gasteiger partial charge in [0.25, 0.3) is 0 Å². The number of amides is 1. The van der Waals surface area contributed by atoms with Gasteiger partial charge in [-0.1, -0.05) is 92.7 Å². The van der Waals surface area contributed by atoms with Gasteiger partial charge in [-0.2, -0.15) is 0 Å². The molecule has 1 amide bonds. The SMILES string of the molecule is CC(C)C[C@H](NC(=O)OCC1c2ccccc2-c2ccccc21)C(=O)C[C@@H](Cc1ccccc1)C(=O)O. The van der Waals surface area contributed by atoms with Crippen molar-refractivity contribution >= 4 is 17.8 Å². The molecule has 0 radical (unpaired) electrons. The zero-order chi connectivity index (χ0) is 26.4. The summed E-state index contributed by atoms with van der Waals surface area (Å²) in [6.45, 7) is 4.06. The van der Waals surface area contributed by atoms with Crippen LogP contribution < -0.4 is 5.32 Å². The van der Waals surface area contributed by atoms with E-state index >= 15 is 0 Å². The Balaban J connectivity index is 1.41. The number of hydrogen-bond acceptors (Lipinski definition) is 4. The Hall–Kier alpha value is -3.93. The average molecular weight is 500 g/mol. The third kappa shape index (κ3) is 6.45. The summed E-state index contributed by atoms with van der Waals surface area (Å²) in [6, 6.07) is 24.6. The van der Waals surface area contributed by atoms with Crippen molar-refractivity contribution in [2.24, 2.45) is 11.8 Å². The van der Waals surface area contributed by atoms with Gasteiger partial charge in [0.15, 0.2) is 5.78 Å². The second-order valence-corrected chi connectivity index (χ2v) is 10.0. The fraction of sp³-hybridized carbons (Fsp3) is 0.323. The van der Waals surface area contributed by atoms with Gasteiger partial charge in [0, 0.05) is 12.3 Å². The van der Waals surface area contributed by atoms with Crippen molar-refractivity contribution in [1.82, 2.24) is 5.32 Å². The van der Waals surface area contributed by atoms with Crippen molar-refractivity contribution in [2.75, 3.05) is 6.61 Å². The lowest BCUT2D eigenvalue weighted by atomic mass is 9.90. The van der Waals surface area contributed by atoms with Crippen molar-refractivity contribution < 1.29 is 24.2 Å². The highest BCUT2D eigenvalue weighted by atomic mass is 16.5. The number of Topliss-reactive ketones (excluding diaryl/α,β-unsaturated/α-hetero) is 1. The molecule has 0 aromatic heterocycles. The number of carbonyl (C=O) groups excluding carboxylic acids is 2. The summed E-state index contributed by atoms with van der Waals surface area (Å²) in [5.41, 5.74) is 5.34. The Labute approximate surface area is 217 Å². The second kappa shape index (κ2) is 11.9. The summed E-state index contributed by atoms with van der Waals surface area (Å²) in [6.07, 6.45) is -0.177. The van der Waals surface area contributed by atoms with Crippen LogP contribution in [-0.2, 0) is 20.7 Å². The number of carbonyl (C=O) groups is 3. The van der Waals surface area contributed by atoms with Crippen LogP contribution in [-0.4, -0.2) is 35.6 Å². The molecule has 6 nitrogen and oxygen atoms in total. The van der Waals surface area contributed by atoms with Crippen LogP contribution in [0, 0.1) is 11.8 Å². The molecular formula is C31H33NO5. The van der Waals surface area contributed by atoms with E-state index in [0.717, 1.165) is 27.8 Å². The lowest BCUT2D eigenvalue weighted by molar-refractivity contribution is -0.144. The number of aliphatic carboxylic acids is 1. The van der Waals surface area contributed by atoms with E-state index in [-0.39, 0.29) is 37.1 Å². The number of alkyl carbamates (subject to hydrolysis) is 1. The predicted octanol–water partition coefficient (Wildman–Crippen LogP) is 5.84. The molecule has 3 aromatic carbocycles. The zero-order valence-electron chi connectivity index (χ0n) is 21.2. The third-order valence-corrected chi connectivity index (χ3v) is 6.85. The van der Waals surface area contributed by atoms with E-state index < -0.39 is 24.0 Å². The number of carboxylic acids is 1. The van der Waals surface area contributed by atoms with Gasteiger partial charge in [-0.25, -0.2) is 4.79 Å². The molecule has 0 heterocycles. The third-order valence-electron chi connectivity index (χ3n) is 6.85. The van der Waals surface area contributed by atoms with Gasteiger partial charge in [0.1, 0.15) is 6.61 Å². The Bertz CT molecular complexity index is 1210. The van der Waals surface area contributed by atoms with Crippen molar-refractivity contribution in [2.45, 2.75) is 45.1 Å². The molecule has 192 valence electrons. The zero-order valence-corrected chi connectivity index (χ0v) is 21.2. The number of carboxylic acid groups (broad SMARTS) is 1. The minimum Gasteiger partial charge on any atom is -0.481 e. The molecule has 0 bridgehead atoms. The number of fused-ring (bicyclic) bond motifs is 3. The van der Waals surface area contributed by atoms with Gasteiger partial charge in [-0.05, 0) is 46.6 Å². The Morgan fingerprint density at radius 1 is 0.865 bits per heavy atom. The average Bonchev–Trinajstić information content (AvgIpc) is 3.20. The van der Waals surface area contributed by atoms with Crippen LogP contribution in [0.2, 0.25) is 0 Å². The highest BCUT2D eigenvalue weighted by Gasteiger charge is 2.31. The fourth-order valence-corrected chi connectivity index (χ4v) is 5.06. The van der Waals surface area contributed by atoms with E-state index in [1.54, 1.807) is 0 Å². The normalized spacial score (nSPS) is 13.9. The minimum absolute atomic E-state index is 0.0836. The number of rotatable bonds is 11. The van der Waals surface area contributed by atoms with Crippen LogP contribution in [0.4, 0.5) is 4.79 Å². The largest absolute Gasteiger partial charge is 0.481 e. The first-order valence-corrected chi connectivity index (χ1v) is 12.7. The molecule has 4 rings (SSSR count). The maximum absolute atomic E-state index is 13.2. The number of hydrogen-bond donors (Lipinski definition) is 2. The predicted molar refractivity (Wildman–Crippen MR) is 142 cm³/mol. The first kappa shape index (κ1) is 26.1. The van der Waals surface area contributed by atoms with Crippen molar-refractivity contribution in [3.8, 4) is 11.1 Å². The lowest BCUT2D eigenvalue weighted by Gasteiger charge is -2.22. The number of nitrogens with one attached hydrogen (secondary N) is 1. The summed E-state index contributed by atoms with van der Waals surface area (Å²) in [5.74, 6) is -2.15. The number of ketones is 1. The summed E-state index contributed by atoms with van der Waals surface area (Å²) < 4.78 is 5.63. The minimum atomic E-state index is -1.03. The molecule has 0 saturated carbocycles.